The normalized spacial score (nSPS) is 12.6. The fourth-order valence-corrected chi connectivity index (χ4v) is 1.36. The maximum absolute atomic E-state index is 8.79. The fraction of sp³-hybridized carbons (Fsp3) is 0.417. The van der Waals surface area contributed by atoms with Crippen LogP contribution in [0.1, 0.15) is 31.9 Å². The zero-order valence-electron chi connectivity index (χ0n) is 10.1. The third kappa shape index (κ3) is 2.97. The molecule has 0 aliphatic rings. The lowest BCUT2D eigenvalue weighted by Crippen LogP contribution is -2.23. The molecule has 0 amide bonds. The molecular weight excluding hydrogens is 204 g/mol. The number of oxime groups is 1. The van der Waals surface area contributed by atoms with Gasteiger partial charge in [-0.15, -0.1) is 0 Å². The molecule has 0 heterocycles. The van der Waals surface area contributed by atoms with Crippen molar-refractivity contribution in [3.63, 3.8) is 0 Å². The van der Waals surface area contributed by atoms with E-state index >= 15 is 0 Å². The Morgan fingerprint density at radius 3 is 2.19 bits per heavy atom. The summed E-state index contributed by atoms with van der Waals surface area (Å²) in [5.74, 6) is 0.294. The van der Waals surface area contributed by atoms with E-state index in [1.807, 2.05) is 24.3 Å². The van der Waals surface area contributed by atoms with E-state index in [1.54, 1.807) is 0 Å². The van der Waals surface area contributed by atoms with Crippen molar-refractivity contribution >= 4 is 5.84 Å². The molecule has 16 heavy (non-hydrogen) atoms. The summed E-state index contributed by atoms with van der Waals surface area (Å²) in [5, 5.41) is 11.9. The van der Waals surface area contributed by atoms with Crippen molar-refractivity contribution in [2.45, 2.75) is 26.2 Å². The first kappa shape index (κ1) is 12.5. The van der Waals surface area contributed by atoms with Crippen LogP contribution in [0.5, 0.6) is 0 Å². The van der Waals surface area contributed by atoms with Crippen LogP contribution in [0.4, 0.5) is 0 Å². The third-order valence-electron chi connectivity index (χ3n) is 2.32. The molecular formula is C12H18N2O2. The van der Waals surface area contributed by atoms with Crippen molar-refractivity contribution in [1.29, 1.82) is 0 Å². The number of nitrogens with one attached hydrogen (secondary N) is 1. The highest BCUT2D eigenvalue weighted by Crippen LogP contribution is 2.22. The van der Waals surface area contributed by atoms with Gasteiger partial charge in [0, 0.05) is 5.56 Å². The van der Waals surface area contributed by atoms with Crippen LogP contribution < -0.4 is 5.48 Å². The predicted molar refractivity (Wildman–Crippen MR) is 63.6 cm³/mol. The van der Waals surface area contributed by atoms with Crippen molar-refractivity contribution in [2.24, 2.45) is 5.16 Å². The average Bonchev–Trinajstić information content (AvgIpc) is 2.25. The number of benzene rings is 1. The summed E-state index contributed by atoms with van der Waals surface area (Å²) in [7, 11) is 1.47. The molecule has 2 N–H and O–H groups in total. The van der Waals surface area contributed by atoms with E-state index in [9.17, 15) is 0 Å². The highest BCUT2D eigenvalue weighted by molar-refractivity contribution is 5.97. The second-order valence-electron chi connectivity index (χ2n) is 4.58. The molecule has 0 aromatic heterocycles. The number of hydrogen-bond donors (Lipinski definition) is 2. The zero-order chi connectivity index (χ0) is 12.2. The van der Waals surface area contributed by atoms with E-state index in [-0.39, 0.29) is 5.41 Å². The van der Waals surface area contributed by atoms with Gasteiger partial charge in [-0.05, 0) is 11.0 Å². The Kier molecular flexibility index (Phi) is 3.90. The van der Waals surface area contributed by atoms with Gasteiger partial charge in [0.15, 0.2) is 5.84 Å². The van der Waals surface area contributed by atoms with E-state index in [0.717, 1.165) is 5.56 Å². The van der Waals surface area contributed by atoms with Gasteiger partial charge in [-0.2, -0.15) is 0 Å². The summed E-state index contributed by atoms with van der Waals surface area (Å²) in [6.45, 7) is 6.45. The molecule has 0 spiro atoms. The Morgan fingerprint density at radius 1 is 1.25 bits per heavy atom. The van der Waals surface area contributed by atoms with Gasteiger partial charge in [0.1, 0.15) is 0 Å². The second-order valence-corrected chi connectivity index (χ2v) is 4.58. The predicted octanol–water partition coefficient (Wildman–Crippen LogP) is 2.27. The number of rotatable bonds is 2. The molecule has 0 unspecified atom stereocenters. The number of amidine groups is 1. The topological polar surface area (TPSA) is 53.8 Å². The van der Waals surface area contributed by atoms with Crippen LogP contribution in [0.2, 0.25) is 0 Å². The Hall–Kier alpha value is -1.55. The first-order valence-corrected chi connectivity index (χ1v) is 5.11. The molecule has 0 atom stereocenters. The van der Waals surface area contributed by atoms with E-state index in [1.165, 1.54) is 12.7 Å². The highest BCUT2D eigenvalue weighted by Gasteiger charge is 2.13. The van der Waals surface area contributed by atoms with Crippen LogP contribution in [-0.2, 0) is 10.3 Å². The van der Waals surface area contributed by atoms with E-state index < -0.39 is 0 Å². The van der Waals surface area contributed by atoms with Gasteiger partial charge in [-0.1, -0.05) is 50.2 Å². The Balaban J connectivity index is 2.94. The molecule has 1 rings (SSSR count). The summed E-state index contributed by atoms with van der Waals surface area (Å²) in [5.41, 5.74) is 4.62. The number of hydroxylamine groups is 1. The SMILES string of the molecule is CONC(=NO)c1ccc(C(C)(C)C)cc1. The molecule has 4 heteroatoms. The van der Waals surface area contributed by atoms with E-state index in [2.05, 4.69) is 31.4 Å². The van der Waals surface area contributed by atoms with Gasteiger partial charge in [0.05, 0.1) is 7.11 Å². The number of hydrogen-bond acceptors (Lipinski definition) is 3. The minimum Gasteiger partial charge on any atom is -0.409 e. The molecule has 0 aliphatic heterocycles. The fourth-order valence-electron chi connectivity index (χ4n) is 1.36. The first-order chi connectivity index (χ1) is 7.49. The maximum Gasteiger partial charge on any atom is 0.196 e. The van der Waals surface area contributed by atoms with Crippen LogP contribution in [0.3, 0.4) is 0 Å². The van der Waals surface area contributed by atoms with Gasteiger partial charge in [-0.25, -0.2) is 5.48 Å². The average molecular weight is 222 g/mol. The minimum atomic E-state index is 0.115. The molecule has 0 saturated heterocycles. The maximum atomic E-state index is 8.79. The van der Waals surface area contributed by atoms with Gasteiger partial charge in [0.2, 0.25) is 0 Å². The lowest BCUT2D eigenvalue weighted by Gasteiger charge is -2.19. The van der Waals surface area contributed by atoms with Gasteiger partial charge in [0.25, 0.3) is 0 Å². The second kappa shape index (κ2) is 4.99. The first-order valence-electron chi connectivity index (χ1n) is 5.11. The molecule has 0 aliphatic carbocycles. The standard InChI is InChI=1S/C12H18N2O2/c1-12(2,3)10-7-5-9(6-8-10)11(13-15)14-16-4/h5-8,15H,1-4H3,(H,13,14). The molecule has 4 nitrogen and oxygen atoms in total. The molecule has 0 saturated carbocycles. The van der Waals surface area contributed by atoms with E-state index in [4.69, 9.17) is 10.0 Å². The van der Waals surface area contributed by atoms with Crippen LogP contribution in [0.15, 0.2) is 29.4 Å². The van der Waals surface area contributed by atoms with Crippen LogP contribution in [0, 0.1) is 0 Å². The minimum absolute atomic E-state index is 0.115. The third-order valence-corrected chi connectivity index (χ3v) is 2.32. The lowest BCUT2D eigenvalue weighted by atomic mass is 9.87. The van der Waals surface area contributed by atoms with Crippen molar-refractivity contribution < 1.29 is 10.0 Å². The van der Waals surface area contributed by atoms with Gasteiger partial charge < -0.3 is 5.21 Å². The van der Waals surface area contributed by atoms with Crippen molar-refractivity contribution in [3.05, 3.63) is 35.4 Å². The molecule has 88 valence electrons. The molecule has 0 radical (unpaired) electrons. The summed E-state index contributed by atoms with van der Waals surface area (Å²) in [6.07, 6.45) is 0. The Bertz CT molecular complexity index is 364. The van der Waals surface area contributed by atoms with Crippen molar-refractivity contribution in [3.8, 4) is 0 Å². The van der Waals surface area contributed by atoms with Crippen molar-refractivity contribution in [1.82, 2.24) is 5.48 Å². The van der Waals surface area contributed by atoms with Crippen molar-refractivity contribution in [2.75, 3.05) is 7.11 Å². The molecule has 0 bridgehead atoms. The monoisotopic (exact) mass is 222 g/mol. The van der Waals surface area contributed by atoms with E-state index in [0.29, 0.717) is 5.84 Å². The summed E-state index contributed by atoms with van der Waals surface area (Å²) in [6, 6.07) is 7.80. The Morgan fingerprint density at radius 2 is 1.81 bits per heavy atom. The highest BCUT2D eigenvalue weighted by atomic mass is 16.6. The summed E-state index contributed by atoms with van der Waals surface area (Å²) < 4.78 is 0. The molecule has 1 aromatic carbocycles. The van der Waals surface area contributed by atoms with Crippen LogP contribution >= 0.6 is 0 Å². The van der Waals surface area contributed by atoms with Gasteiger partial charge in [-0.3, -0.25) is 4.84 Å². The zero-order valence-corrected chi connectivity index (χ0v) is 10.1. The Labute approximate surface area is 95.9 Å². The lowest BCUT2D eigenvalue weighted by molar-refractivity contribution is 0.140. The van der Waals surface area contributed by atoms with Gasteiger partial charge >= 0.3 is 0 Å². The molecule has 0 fully saturated rings. The smallest absolute Gasteiger partial charge is 0.196 e. The van der Waals surface area contributed by atoms with Crippen LogP contribution in [0.25, 0.3) is 0 Å². The summed E-state index contributed by atoms with van der Waals surface area (Å²) in [4.78, 5) is 4.71. The largest absolute Gasteiger partial charge is 0.409 e. The summed E-state index contributed by atoms with van der Waals surface area (Å²) >= 11 is 0. The molecule has 1 aromatic rings. The number of nitrogens with zero attached hydrogens (tertiary/aromatic N) is 1. The quantitative estimate of drug-likeness (QED) is 0.349. The van der Waals surface area contributed by atoms with Crippen LogP contribution in [-0.4, -0.2) is 18.2 Å².